The fraction of sp³-hybridized carbons (Fsp3) is 0.593. The van der Waals surface area contributed by atoms with Gasteiger partial charge in [-0.25, -0.2) is 0 Å². The number of carbonyl (C=O) groups is 5. The lowest BCUT2D eigenvalue weighted by molar-refractivity contribution is -0.150. The molecular weight excluding hydrogens is 611 g/mol. The Morgan fingerprint density at radius 3 is 2.17 bits per heavy atom. The lowest BCUT2D eigenvalue weighted by Crippen LogP contribution is -2.50. The summed E-state index contributed by atoms with van der Waals surface area (Å²) in [5.41, 5.74) is 6.06. The third-order valence-electron chi connectivity index (χ3n) is 6.85. The van der Waals surface area contributed by atoms with Gasteiger partial charge in [0.2, 0.25) is 11.8 Å². The number of nitrogens with zero attached hydrogens (tertiary/aromatic N) is 1. The summed E-state index contributed by atoms with van der Waals surface area (Å²) >= 11 is 6.42. The Balaban J connectivity index is 0.00000616. The van der Waals surface area contributed by atoms with Crippen molar-refractivity contribution in [1.82, 2.24) is 10.6 Å². The minimum atomic E-state index is -1.24. The molecule has 3 rings (SSSR count). The van der Waals surface area contributed by atoms with E-state index >= 15 is 0 Å². The van der Waals surface area contributed by atoms with Crippen molar-refractivity contribution in [3.8, 4) is 0 Å². The highest BCUT2D eigenvalue weighted by atomic mass is 35.5. The monoisotopic (exact) mass is 648 g/mol. The van der Waals surface area contributed by atoms with Crippen LogP contribution in [-0.2, 0) is 28.7 Å². The van der Waals surface area contributed by atoms with Crippen molar-refractivity contribution in [2.75, 3.05) is 17.4 Å². The van der Waals surface area contributed by atoms with Crippen LogP contribution in [0.2, 0.25) is 5.02 Å². The summed E-state index contributed by atoms with van der Waals surface area (Å²) in [7, 11) is 0. The molecule has 0 saturated heterocycles. The highest BCUT2D eigenvalue weighted by Crippen LogP contribution is 2.23. The molecule has 1 aromatic rings. The van der Waals surface area contributed by atoms with Gasteiger partial charge >= 0.3 is 17.2 Å². The molecule has 2 unspecified atom stereocenters. The topological polar surface area (TPSA) is 177 Å². The first-order valence-corrected chi connectivity index (χ1v) is 15.1. The van der Waals surface area contributed by atoms with Crippen LogP contribution in [0.5, 0.6) is 0 Å². The van der Waals surface area contributed by atoms with E-state index in [0.717, 1.165) is 51.4 Å². The molecule has 2 atom stereocenters. The van der Waals surface area contributed by atoms with E-state index in [0.29, 0.717) is 21.8 Å². The number of nitrogens with two attached hydrogens (primary N) is 1. The molecular formula is C27H38Cl2N4O8S. The number of thioether (sulfide) groups is 1. The van der Waals surface area contributed by atoms with E-state index < -0.39 is 47.6 Å². The number of amides is 3. The van der Waals surface area contributed by atoms with Crippen LogP contribution in [0.4, 0.5) is 10.5 Å². The lowest BCUT2D eigenvalue weighted by atomic mass is 10.1. The Labute approximate surface area is 260 Å². The number of hydrogen-bond donors (Lipinski definition) is 4. The zero-order valence-electron chi connectivity index (χ0n) is 23.1. The number of rotatable bonds is 13. The van der Waals surface area contributed by atoms with Crippen LogP contribution < -0.4 is 21.4 Å². The summed E-state index contributed by atoms with van der Waals surface area (Å²) < 4.78 is 10.7. The van der Waals surface area contributed by atoms with Crippen LogP contribution in [0, 0.1) is 0 Å². The van der Waals surface area contributed by atoms with Gasteiger partial charge in [0.25, 0.3) is 0 Å². The predicted octanol–water partition coefficient (Wildman–Crippen LogP) is 3.49. The van der Waals surface area contributed by atoms with Crippen molar-refractivity contribution >= 4 is 70.4 Å². The van der Waals surface area contributed by atoms with Crippen molar-refractivity contribution in [3.63, 3.8) is 0 Å². The summed E-state index contributed by atoms with van der Waals surface area (Å²) in [5.74, 6) is -2.74. The highest BCUT2D eigenvalue weighted by Gasteiger charge is 2.27. The number of nitrogens with one attached hydrogen (secondary N) is 2. The predicted molar refractivity (Wildman–Crippen MR) is 160 cm³/mol. The average Bonchev–Trinajstić information content (AvgIpc) is 3.67. The summed E-state index contributed by atoms with van der Waals surface area (Å²) in [6.45, 7) is -0.408. The number of benzene rings is 1. The van der Waals surface area contributed by atoms with E-state index in [9.17, 15) is 29.2 Å². The molecule has 42 heavy (non-hydrogen) atoms. The van der Waals surface area contributed by atoms with E-state index in [4.69, 9.17) is 26.8 Å². The number of hydrogen-bond acceptors (Lipinski definition) is 10. The van der Waals surface area contributed by atoms with Gasteiger partial charge in [-0.05, 0) is 82.1 Å². The van der Waals surface area contributed by atoms with Crippen molar-refractivity contribution in [2.45, 2.75) is 88.5 Å². The maximum atomic E-state index is 12.9. The normalized spacial score (nSPS) is 16.5. The van der Waals surface area contributed by atoms with Gasteiger partial charge in [-0.3, -0.25) is 29.2 Å². The van der Waals surface area contributed by atoms with Gasteiger partial charge in [-0.1, -0.05) is 23.4 Å². The number of carbonyl (C=O) groups excluding carboxylic acids is 5. The molecule has 0 spiro atoms. The zero-order chi connectivity index (χ0) is 29.8. The summed E-state index contributed by atoms with van der Waals surface area (Å²) in [4.78, 5) is 62.5. The first kappa shape index (κ1) is 35.6. The third-order valence-corrected chi connectivity index (χ3v) is 8.02. The SMILES string of the molecule is Cl.NC(CCC(=O)NC(CSC(=O)N(O)c1ccc(Cl)cc1)C(=O)NCC(=O)OC1CCCC1)C(=O)OC1CCCC1. The quantitative estimate of drug-likeness (QED) is 0.141. The Bertz CT molecular complexity index is 1070. The molecule has 0 aliphatic heterocycles. The third kappa shape index (κ3) is 12.0. The molecule has 0 heterocycles. The number of ether oxygens (including phenoxy) is 2. The smallest absolute Gasteiger partial charge is 0.325 e. The van der Waals surface area contributed by atoms with Gasteiger partial charge < -0.3 is 25.8 Å². The van der Waals surface area contributed by atoms with Gasteiger partial charge in [-0.2, -0.15) is 5.06 Å². The van der Waals surface area contributed by atoms with Crippen LogP contribution in [-0.4, -0.2) is 70.8 Å². The van der Waals surface area contributed by atoms with Gasteiger partial charge in [-0.15, -0.1) is 12.4 Å². The number of esters is 2. The number of anilines is 1. The number of hydroxylamine groups is 1. The molecule has 2 aliphatic carbocycles. The molecule has 0 aromatic heterocycles. The maximum Gasteiger partial charge on any atom is 0.325 e. The standard InChI is InChI=1S/C27H37ClN4O8S.ClH/c28-17-9-11-18(12-10-17)32(38)27(37)41-16-22(25(35)30-15-24(34)39-19-5-1-2-6-19)31-23(33)14-13-21(29)26(36)40-20-7-3-4-8-20;/h9-12,19-22,38H,1-8,13-16,29H2,(H,30,35)(H,31,33);1H. The van der Waals surface area contributed by atoms with E-state index in [1.165, 1.54) is 24.3 Å². The minimum Gasteiger partial charge on any atom is -0.461 e. The Hall–Kier alpha value is -2.58. The fourth-order valence-electron chi connectivity index (χ4n) is 4.53. The second-order valence-electron chi connectivity index (χ2n) is 10.1. The highest BCUT2D eigenvalue weighted by molar-refractivity contribution is 8.13. The average molecular weight is 650 g/mol. The molecule has 5 N–H and O–H groups in total. The van der Waals surface area contributed by atoms with Crippen molar-refractivity contribution < 1.29 is 38.7 Å². The van der Waals surface area contributed by atoms with E-state index in [-0.39, 0.29) is 48.9 Å². The lowest BCUT2D eigenvalue weighted by Gasteiger charge is -2.20. The Kier molecular flexibility index (Phi) is 15.4. The van der Waals surface area contributed by atoms with Crippen molar-refractivity contribution in [1.29, 1.82) is 0 Å². The van der Waals surface area contributed by atoms with Gasteiger partial charge in [0.1, 0.15) is 30.8 Å². The first-order chi connectivity index (χ1) is 19.6. The van der Waals surface area contributed by atoms with Crippen molar-refractivity contribution in [3.05, 3.63) is 29.3 Å². The summed E-state index contributed by atoms with van der Waals surface area (Å²) in [5, 5.41) is 15.2. The van der Waals surface area contributed by atoms with Crippen LogP contribution >= 0.6 is 35.8 Å². The first-order valence-electron chi connectivity index (χ1n) is 13.8. The molecule has 2 saturated carbocycles. The molecule has 2 aliphatic rings. The molecule has 15 heteroatoms. The van der Waals surface area contributed by atoms with Crippen LogP contribution in [0.1, 0.15) is 64.2 Å². The van der Waals surface area contributed by atoms with Crippen LogP contribution in [0.15, 0.2) is 24.3 Å². The van der Waals surface area contributed by atoms with E-state index in [1.807, 2.05) is 0 Å². The fourth-order valence-corrected chi connectivity index (χ4v) is 5.43. The molecule has 2 fully saturated rings. The summed E-state index contributed by atoms with van der Waals surface area (Å²) in [6, 6.07) is 3.61. The Morgan fingerprint density at radius 2 is 1.57 bits per heavy atom. The zero-order valence-corrected chi connectivity index (χ0v) is 25.5. The van der Waals surface area contributed by atoms with E-state index in [2.05, 4.69) is 10.6 Å². The second kappa shape index (κ2) is 18.2. The summed E-state index contributed by atoms with van der Waals surface area (Å²) in [6.07, 6.45) is 6.58. The largest absolute Gasteiger partial charge is 0.461 e. The molecule has 3 amide bonds. The van der Waals surface area contributed by atoms with Gasteiger partial charge in [0.05, 0.1) is 5.69 Å². The second-order valence-corrected chi connectivity index (χ2v) is 11.5. The molecule has 234 valence electrons. The van der Waals surface area contributed by atoms with Gasteiger partial charge in [0, 0.05) is 17.2 Å². The van der Waals surface area contributed by atoms with Crippen molar-refractivity contribution in [2.24, 2.45) is 5.73 Å². The van der Waals surface area contributed by atoms with E-state index in [1.54, 1.807) is 0 Å². The number of halogens is 2. The van der Waals surface area contributed by atoms with Gasteiger partial charge in [0.15, 0.2) is 0 Å². The maximum absolute atomic E-state index is 12.9. The molecule has 0 bridgehead atoms. The Morgan fingerprint density at radius 1 is 1.00 bits per heavy atom. The molecule has 12 nitrogen and oxygen atoms in total. The minimum absolute atomic E-state index is 0. The van der Waals surface area contributed by atoms with Crippen LogP contribution in [0.25, 0.3) is 0 Å². The molecule has 0 radical (unpaired) electrons. The van der Waals surface area contributed by atoms with Crippen LogP contribution in [0.3, 0.4) is 0 Å². The molecule has 1 aromatic carbocycles.